The Bertz CT molecular complexity index is 363. The standard InChI is InChI=1S/C15H28N4/c1-13(2)16-12-14-8-6-9-15(17-14)19(5)11-7-10-18(3)4/h6,8-9,13,16H,7,10-12H2,1-5H3. The summed E-state index contributed by atoms with van der Waals surface area (Å²) in [7, 11) is 6.32. The molecular weight excluding hydrogens is 236 g/mol. The molecule has 0 amide bonds. The second-order valence-corrected chi connectivity index (χ2v) is 5.60. The molecule has 108 valence electrons. The molecule has 1 N–H and O–H groups in total. The molecule has 1 aromatic heterocycles. The third kappa shape index (κ3) is 6.55. The Morgan fingerprint density at radius 3 is 2.53 bits per heavy atom. The second-order valence-electron chi connectivity index (χ2n) is 5.60. The maximum Gasteiger partial charge on any atom is 0.128 e. The molecule has 0 saturated heterocycles. The van der Waals surface area contributed by atoms with Crippen LogP contribution in [0.4, 0.5) is 5.82 Å². The van der Waals surface area contributed by atoms with Crippen molar-refractivity contribution >= 4 is 5.82 Å². The van der Waals surface area contributed by atoms with Crippen LogP contribution in [-0.2, 0) is 6.54 Å². The largest absolute Gasteiger partial charge is 0.360 e. The number of nitrogens with one attached hydrogen (secondary N) is 1. The van der Waals surface area contributed by atoms with Gasteiger partial charge in [-0.1, -0.05) is 19.9 Å². The summed E-state index contributed by atoms with van der Waals surface area (Å²) in [6, 6.07) is 6.73. The monoisotopic (exact) mass is 264 g/mol. The fourth-order valence-electron chi connectivity index (χ4n) is 1.83. The van der Waals surface area contributed by atoms with E-state index in [-0.39, 0.29) is 0 Å². The molecule has 0 aromatic carbocycles. The highest BCUT2D eigenvalue weighted by Gasteiger charge is 2.04. The highest BCUT2D eigenvalue weighted by atomic mass is 15.2. The van der Waals surface area contributed by atoms with E-state index in [1.54, 1.807) is 0 Å². The van der Waals surface area contributed by atoms with Crippen molar-refractivity contribution in [2.75, 3.05) is 39.1 Å². The van der Waals surface area contributed by atoms with E-state index in [2.05, 4.69) is 68.3 Å². The summed E-state index contributed by atoms with van der Waals surface area (Å²) in [5.74, 6) is 1.06. The van der Waals surface area contributed by atoms with Crippen LogP contribution in [0.2, 0.25) is 0 Å². The SMILES string of the molecule is CC(C)NCc1cccc(N(C)CCCN(C)C)n1. The molecule has 0 aliphatic rings. The molecule has 4 nitrogen and oxygen atoms in total. The van der Waals surface area contributed by atoms with Gasteiger partial charge >= 0.3 is 0 Å². The zero-order valence-electron chi connectivity index (χ0n) is 13.0. The van der Waals surface area contributed by atoms with Crippen LogP contribution in [-0.4, -0.2) is 50.2 Å². The number of nitrogens with zero attached hydrogens (tertiary/aromatic N) is 3. The maximum absolute atomic E-state index is 4.69. The Balaban J connectivity index is 2.50. The lowest BCUT2D eigenvalue weighted by molar-refractivity contribution is 0.401. The van der Waals surface area contributed by atoms with Gasteiger partial charge in [-0.2, -0.15) is 0 Å². The minimum absolute atomic E-state index is 0.489. The van der Waals surface area contributed by atoms with Gasteiger partial charge in [0, 0.05) is 26.2 Å². The van der Waals surface area contributed by atoms with Gasteiger partial charge in [-0.15, -0.1) is 0 Å². The Morgan fingerprint density at radius 1 is 1.16 bits per heavy atom. The summed E-state index contributed by atoms with van der Waals surface area (Å²) in [6.45, 7) is 7.27. The van der Waals surface area contributed by atoms with Gasteiger partial charge < -0.3 is 15.1 Å². The van der Waals surface area contributed by atoms with Gasteiger partial charge in [-0.05, 0) is 39.2 Å². The molecule has 0 fully saturated rings. The van der Waals surface area contributed by atoms with E-state index in [1.165, 1.54) is 0 Å². The molecule has 0 aliphatic heterocycles. The van der Waals surface area contributed by atoms with Gasteiger partial charge in [0.25, 0.3) is 0 Å². The number of aromatic nitrogens is 1. The topological polar surface area (TPSA) is 31.4 Å². The molecular formula is C15H28N4. The van der Waals surface area contributed by atoms with Crippen molar-refractivity contribution < 1.29 is 0 Å². The van der Waals surface area contributed by atoms with Gasteiger partial charge in [0.05, 0.1) is 5.69 Å². The predicted octanol–water partition coefficient (Wildman–Crippen LogP) is 1.97. The molecule has 0 aliphatic carbocycles. The van der Waals surface area contributed by atoms with Crippen LogP contribution < -0.4 is 10.2 Å². The van der Waals surface area contributed by atoms with E-state index in [1.807, 2.05) is 0 Å². The molecule has 0 saturated carbocycles. The van der Waals surface area contributed by atoms with Crippen molar-refractivity contribution in [2.24, 2.45) is 0 Å². The average molecular weight is 264 g/mol. The van der Waals surface area contributed by atoms with Crippen LogP contribution in [0.5, 0.6) is 0 Å². The minimum Gasteiger partial charge on any atom is -0.360 e. The van der Waals surface area contributed by atoms with E-state index in [4.69, 9.17) is 4.98 Å². The summed E-state index contributed by atoms with van der Waals surface area (Å²) in [5, 5.41) is 3.40. The van der Waals surface area contributed by atoms with Crippen LogP contribution in [0.15, 0.2) is 18.2 Å². The Morgan fingerprint density at radius 2 is 1.89 bits per heavy atom. The smallest absolute Gasteiger partial charge is 0.128 e. The molecule has 0 atom stereocenters. The number of hydrogen-bond donors (Lipinski definition) is 1. The zero-order chi connectivity index (χ0) is 14.3. The number of rotatable bonds is 8. The number of hydrogen-bond acceptors (Lipinski definition) is 4. The lowest BCUT2D eigenvalue weighted by Gasteiger charge is -2.20. The third-order valence-electron chi connectivity index (χ3n) is 2.97. The van der Waals surface area contributed by atoms with Crippen molar-refractivity contribution in [2.45, 2.75) is 32.9 Å². The van der Waals surface area contributed by atoms with Gasteiger partial charge in [0.2, 0.25) is 0 Å². The normalized spacial score (nSPS) is 11.3. The van der Waals surface area contributed by atoms with Crippen molar-refractivity contribution in [3.63, 3.8) is 0 Å². The van der Waals surface area contributed by atoms with Crippen molar-refractivity contribution in [3.8, 4) is 0 Å². The van der Waals surface area contributed by atoms with Crippen LogP contribution >= 0.6 is 0 Å². The lowest BCUT2D eigenvalue weighted by atomic mass is 10.3. The van der Waals surface area contributed by atoms with Gasteiger partial charge in [0.15, 0.2) is 0 Å². The predicted molar refractivity (Wildman–Crippen MR) is 82.7 cm³/mol. The van der Waals surface area contributed by atoms with Crippen LogP contribution in [0, 0.1) is 0 Å². The molecule has 19 heavy (non-hydrogen) atoms. The van der Waals surface area contributed by atoms with E-state index < -0.39 is 0 Å². The number of anilines is 1. The maximum atomic E-state index is 4.69. The molecule has 1 rings (SSSR count). The van der Waals surface area contributed by atoms with Crippen LogP contribution in [0.3, 0.4) is 0 Å². The molecule has 1 aromatic rings. The Hall–Kier alpha value is -1.13. The third-order valence-corrected chi connectivity index (χ3v) is 2.97. The summed E-state index contributed by atoms with van der Waals surface area (Å²) < 4.78 is 0. The highest BCUT2D eigenvalue weighted by Crippen LogP contribution is 2.10. The first-order chi connectivity index (χ1) is 8.99. The first-order valence-electron chi connectivity index (χ1n) is 7.04. The fraction of sp³-hybridized carbons (Fsp3) is 0.667. The average Bonchev–Trinajstić information content (AvgIpc) is 2.36. The van der Waals surface area contributed by atoms with E-state index in [9.17, 15) is 0 Å². The van der Waals surface area contributed by atoms with E-state index >= 15 is 0 Å². The minimum atomic E-state index is 0.489. The summed E-state index contributed by atoms with van der Waals surface area (Å²) in [6.07, 6.45) is 1.15. The summed E-state index contributed by atoms with van der Waals surface area (Å²) in [4.78, 5) is 9.13. The quantitative estimate of drug-likeness (QED) is 0.778. The lowest BCUT2D eigenvalue weighted by Crippen LogP contribution is -2.25. The molecule has 0 radical (unpaired) electrons. The second kappa shape index (κ2) is 8.12. The van der Waals surface area contributed by atoms with Crippen LogP contribution in [0.25, 0.3) is 0 Å². The van der Waals surface area contributed by atoms with E-state index in [0.29, 0.717) is 6.04 Å². The molecule has 0 spiro atoms. The summed E-state index contributed by atoms with van der Waals surface area (Å²) >= 11 is 0. The molecule has 0 bridgehead atoms. The highest BCUT2D eigenvalue weighted by molar-refractivity contribution is 5.38. The molecule has 4 heteroatoms. The van der Waals surface area contributed by atoms with Crippen molar-refractivity contribution in [3.05, 3.63) is 23.9 Å². The number of pyridine rings is 1. The Labute approximate surface area is 117 Å². The van der Waals surface area contributed by atoms with Crippen molar-refractivity contribution in [1.29, 1.82) is 0 Å². The van der Waals surface area contributed by atoms with Crippen LogP contribution in [0.1, 0.15) is 26.0 Å². The van der Waals surface area contributed by atoms with E-state index in [0.717, 1.165) is 37.6 Å². The summed E-state index contributed by atoms with van der Waals surface area (Å²) in [5.41, 5.74) is 1.10. The first kappa shape index (κ1) is 15.9. The van der Waals surface area contributed by atoms with Crippen molar-refractivity contribution in [1.82, 2.24) is 15.2 Å². The van der Waals surface area contributed by atoms with Gasteiger partial charge in [0.1, 0.15) is 5.82 Å². The Kier molecular flexibility index (Phi) is 6.81. The molecule has 1 heterocycles. The fourth-order valence-corrected chi connectivity index (χ4v) is 1.83. The van der Waals surface area contributed by atoms with Gasteiger partial charge in [-0.3, -0.25) is 0 Å². The zero-order valence-corrected chi connectivity index (χ0v) is 13.0. The first-order valence-corrected chi connectivity index (χ1v) is 7.04. The van der Waals surface area contributed by atoms with Gasteiger partial charge in [-0.25, -0.2) is 4.98 Å². The molecule has 0 unspecified atom stereocenters.